The van der Waals surface area contributed by atoms with E-state index in [0.29, 0.717) is 12.2 Å². The molecular weight excluding hydrogens is 230 g/mol. The van der Waals surface area contributed by atoms with Crippen LogP contribution in [0.2, 0.25) is 0 Å². The summed E-state index contributed by atoms with van der Waals surface area (Å²) in [5, 5.41) is 12.3. The number of aliphatic carboxylic acids is 1. The van der Waals surface area contributed by atoms with E-state index in [2.05, 4.69) is 10.3 Å². The van der Waals surface area contributed by atoms with Crippen molar-refractivity contribution in [3.8, 4) is 0 Å². The van der Waals surface area contributed by atoms with Crippen LogP contribution < -0.4 is 5.32 Å². The van der Waals surface area contributed by atoms with Crippen molar-refractivity contribution in [2.75, 3.05) is 0 Å². The zero-order chi connectivity index (χ0) is 13.0. The zero-order valence-corrected chi connectivity index (χ0v) is 10.1. The van der Waals surface area contributed by atoms with Crippen molar-refractivity contribution >= 4 is 5.97 Å². The summed E-state index contributed by atoms with van der Waals surface area (Å²) in [5.74, 6) is -0.908. The first kappa shape index (κ1) is 12.3. The maximum Gasteiger partial charge on any atom is 0.326 e. The van der Waals surface area contributed by atoms with Crippen molar-refractivity contribution in [2.45, 2.75) is 12.6 Å². The molecule has 0 fully saturated rings. The first-order chi connectivity index (χ1) is 8.68. The second-order valence-electron chi connectivity index (χ2n) is 4.07. The van der Waals surface area contributed by atoms with Crippen LogP contribution in [0.4, 0.5) is 0 Å². The van der Waals surface area contributed by atoms with Gasteiger partial charge in [0.1, 0.15) is 6.04 Å². The smallest absolute Gasteiger partial charge is 0.326 e. The average molecular weight is 245 g/mol. The highest BCUT2D eigenvalue weighted by molar-refractivity contribution is 5.74. The molecule has 94 valence electrons. The number of carbonyl (C=O) groups is 1. The summed E-state index contributed by atoms with van der Waals surface area (Å²) in [7, 11) is 1.78. The molecule has 1 aromatic carbocycles. The van der Waals surface area contributed by atoms with Crippen molar-refractivity contribution < 1.29 is 9.90 Å². The standard InChI is InChI=1S/C13H15N3O2/c1-16-9-14-8-11(16)12(13(17)18)15-7-10-5-3-2-4-6-10/h2-6,8-9,12,15H,7H2,1H3,(H,17,18). The molecule has 18 heavy (non-hydrogen) atoms. The Morgan fingerprint density at radius 2 is 2.17 bits per heavy atom. The highest BCUT2D eigenvalue weighted by Gasteiger charge is 2.21. The van der Waals surface area contributed by atoms with Gasteiger partial charge in [0.2, 0.25) is 0 Å². The molecule has 1 unspecified atom stereocenters. The molecule has 1 atom stereocenters. The summed E-state index contributed by atoms with van der Waals surface area (Å²) in [6, 6.07) is 8.94. The fourth-order valence-corrected chi connectivity index (χ4v) is 1.78. The minimum atomic E-state index is -0.908. The van der Waals surface area contributed by atoms with Crippen LogP contribution in [0.25, 0.3) is 0 Å². The van der Waals surface area contributed by atoms with Gasteiger partial charge in [-0.2, -0.15) is 0 Å². The lowest BCUT2D eigenvalue weighted by molar-refractivity contribution is -0.139. The van der Waals surface area contributed by atoms with Gasteiger partial charge in [-0.05, 0) is 5.56 Å². The molecule has 0 saturated heterocycles. The molecule has 0 aliphatic carbocycles. The lowest BCUT2D eigenvalue weighted by atomic mass is 10.2. The predicted octanol–water partition coefficient (Wildman–Crippen LogP) is 1.34. The van der Waals surface area contributed by atoms with Gasteiger partial charge < -0.3 is 9.67 Å². The molecule has 1 aromatic heterocycles. The quantitative estimate of drug-likeness (QED) is 0.834. The Morgan fingerprint density at radius 3 is 2.72 bits per heavy atom. The normalized spacial score (nSPS) is 12.3. The molecule has 0 saturated carbocycles. The maximum atomic E-state index is 11.3. The van der Waals surface area contributed by atoms with Crippen molar-refractivity contribution in [1.82, 2.24) is 14.9 Å². The Kier molecular flexibility index (Phi) is 3.74. The van der Waals surface area contributed by atoms with Crippen LogP contribution in [-0.2, 0) is 18.4 Å². The van der Waals surface area contributed by atoms with E-state index in [4.69, 9.17) is 0 Å². The summed E-state index contributed by atoms with van der Waals surface area (Å²) in [6.45, 7) is 0.503. The number of nitrogens with one attached hydrogen (secondary N) is 1. The van der Waals surface area contributed by atoms with E-state index in [1.165, 1.54) is 0 Å². The summed E-state index contributed by atoms with van der Waals surface area (Å²) in [6.07, 6.45) is 3.16. The highest BCUT2D eigenvalue weighted by atomic mass is 16.4. The van der Waals surface area contributed by atoms with Crippen LogP contribution in [0.3, 0.4) is 0 Å². The number of rotatable bonds is 5. The third kappa shape index (κ3) is 2.75. The van der Waals surface area contributed by atoms with E-state index in [-0.39, 0.29) is 0 Å². The summed E-state index contributed by atoms with van der Waals surface area (Å²) in [5.41, 5.74) is 1.68. The van der Waals surface area contributed by atoms with Crippen LogP contribution >= 0.6 is 0 Å². The molecule has 2 aromatic rings. The molecule has 0 aliphatic heterocycles. The first-order valence-corrected chi connectivity index (χ1v) is 5.65. The van der Waals surface area contributed by atoms with Gasteiger partial charge in [-0.3, -0.25) is 10.1 Å². The van der Waals surface area contributed by atoms with Gasteiger partial charge in [-0.1, -0.05) is 30.3 Å². The third-order valence-corrected chi connectivity index (χ3v) is 2.75. The Morgan fingerprint density at radius 1 is 1.44 bits per heavy atom. The largest absolute Gasteiger partial charge is 0.480 e. The molecule has 0 amide bonds. The molecule has 2 rings (SSSR count). The second-order valence-corrected chi connectivity index (χ2v) is 4.07. The van der Waals surface area contributed by atoms with E-state index in [1.54, 1.807) is 24.1 Å². The number of nitrogens with zero attached hydrogens (tertiary/aromatic N) is 2. The van der Waals surface area contributed by atoms with E-state index >= 15 is 0 Å². The molecule has 0 radical (unpaired) electrons. The number of imidazole rings is 1. The van der Waals surface area contributed by atoms with E-state index in [9.17, 15) is 9.90 Å². The zero-order valence-electron chi connectivity index (χ0n) is 10.1. The monoisotopic (exact) mass is 245 g/mol. The Hall–Kier alpha value is -2.14. The third-order valence-electron chi connectivity index (χ3n) is 2.75. The number of aromatic nitrogens is 2. The average Bonchev–Trinajstić information content (AvgIpc) is 2.77. The van der Waals surface area contributed by atoms with Crippen LogP contribution in [0.15, 0.2) is 42.9 Å². The number of hydrogen-bond acceptors (Lipinski definition) is 3. The second kappa shape index (κ2) is 5.46. The van der Waals surface area contributed by atoms with Crippen LogP contribution in [0, 0.1) is 0 Å². The Labute approximate surface area is 105 Å². The SMILES string of the molecule is Cn1cncc1C(NCc1ccccc1)C(=O)O. The molecule has 2 N–H and O–H groups in total. The molecule has 5 nitrogen and oxygen atoms in total. The van der Waals surface area contributed by atoms with Crippen molar-refractivity contribution in [2.24, 2.45) is 7.05 Å². The molecule has 0 bridgehead atoms. The maximum absolute atomic E-state index is 11.3. The van der Waals surface area contributed by atoms with Gasteiger partial charge in [0.25, 0.3) is 0 Å². The van der Waals surface area contributed by atoms with Crippen molar-refractivity contribution in [3.63, 3.8) is 0 Å². The molecule has 5 heteroatoms. The number of carboxylic acid groups (broad SMARTS) is 1. The number of benzene rings is 1. The first-order valence-electron chi connectivity index (χ1n) is 5.65. The molecule has 0 aliphatic rings. The van der Waals surface area contributed by atoms with Crippen LogP contribution in [0.1, 0.15) is 17.3 Å². The minimum absolute atomic E-state index is 0.503. The van der Waals surface area contributed by atoms with Crippen molar-refractivity contribution in [3.05, 3.63) is 54.1 Å². The summed E-state index contributed by atoms with van der Waals surface area (Å²) < 4.78 is 1.71. The van der Waals surface area contributed by atoms with Crippen molar-refractivity contribution in [1.29, 1.82) is 0 Å². The lowest BCUT2D eigenvalue weighted by Gasteiger charge is -2.14. The Bertz CT molecular complexity index is 522. The fraction of sp³-hybridized carbons (Fsp3) is 0.231. The van der Waals surface area contributed by atoms with Gasteiger partial charge in [0.15, 0.2) is 0 Å². The number of hydrogen-bond donors (Lipinski definition) is 2. The van der Waals surface area contributed by atoms with Gasteiger partial charge in [-0.15, -0.1) is 0 Å². The Balaban J connectivity index is 2.09. The van der Waals surface area contributed by atoms with Gasteiger partial charge in [0.05, 0.1) is 18.2 Å². The number of aryl methyl sites for hydroxylation is 1. The van der Waals surface area contributed by atoms with Gasteiger partial charge in [-0.25, -0.2) is 4.98 Å². The van der Waals surface area contributed by atoms with E-state index < -0.39 is 12.0 Å². The highest BCUT2D eigenvalue weighted by Crippen LogP contribution is 2.12. The minimum Gasteiger partial charge on any atom is -0.480 e. The summed E-state index contributed by atoms with van der Waals surface area (Å²) >= 11 is 0. The van der Waals surface area contributed by atoms with E-state index in [0.717, 1.165) is 5.56 Å². The van der Waals surface area contributed by atoms with Gasteiger partial charge >= 0.3 is 5.97 Å². The predicted molar refractivity (Wildman–Crippen MR) is 66.9 cm³/mol. The lowest BCUT2D eigenvalue weighted by Crippen LogP contribution is -2.29. The van der Waals surface area contributed by atoms with Gasteiger partial charge in [0, 0.05) is 13.6 Å². The van der Waals surface area contributed by atoms with Crippen LogP contribution in [0.5, 0.6) is 0 Å². The topological polar surface area (TPSA) is 67.2 Å². The fourth-order valence-electron chi connectivity index (χ4n) is 1.78. The van der Waals surface area contributed by atoms with Crippen LogP contribution in [-0.4, -0.2) is 20.6 Å². The summed E-state index contributed by atoms with van der Waals surface area (Å²) in [4.78, 5) is 15.2. The molecular formula is C13H15N3O2. The number of carboxylic acids is 1. The molecule has 0 spiro atoms. The molecule has 1 heterocycles. The van der Waals surface area contributed by atoms with E-state index in [1.807, 2.05) is 30.3 Å².